The summed E-state index contributed by atoms with van der Waals surface area (Å²) >= 11 is 6.12. The van der Waals surface area contributed by atoms with Crippen molar-refractivity contribution in [2.45, 2.75) is 6.92 Å². The zero-order valence-electron chi connectivity index (χ0n) is 19.2. The van der Waals surface area contributed by atoms with Gasteiger partial charge in [-0.15, -0.1) is 0 Å². The lowest BCUT2D eigenvalue weighted by Crippen LogP contribution is -2.20. The van der Waals surface area contributed by atoms with Gasteiger partial charge < -0.3 is 13.9 Å². The minimum atomic E-state index is -0.438. The molecule has 0 saturated carbocycles. The predicted molar refractivity (Wildman–Crippen MR) is 138 cm³/mol. The summed E-state index contributed by atoms with van der Waals surface area (Å²) in [5.41, 5.74) is 1.52. The Morgan fingerprint density at radius 3 is 2.72 bits per heavy atom. The molecule has 0 atom stereocenters. The number of carbonyl (C=O) groups excluding carboxylic acids is 1. The fourth-order valence-corrected chi connectivity index (χ4v) is 3.81. The van der Waals surface area contributed by atoms with E-state index in [-0.39, 0.29) is 18.0 Å². The third-order valence-electron chi connectivity index (χ3n) is 5.32. The highest BCUT2D eigenvalue weighted by Crippen LogP contribution is 2.29. The first-order chi connectivity index (χ1) is 17.5. The number of aromatic nitrogens is 2. The number of carbonyl (C=O) groups is 1. The molecular weight excluding hydrogens is 482 g/mol. The van der Waals surface area contributed by atoms with E-state index in [4.69, 9.17) is 25.5 Å². The highest BCUT2D eigenvalue weighted by Gasteiger charge is 2.16. The van der Waals surface area contributed by atoms with Gasteiger partial charge >= 0.3 is 5.97 Å². The van der Waals surface area contributed by atoms with E-state index in [9.17, 15) is 9.59 Å². The number of para-hydroxylation sites is 1. The van der Waals surface area contributed by atoms with Crippen LogP contribution in [0.15, 0.2) is 87.1 Å². The molecule has 0 aliphatic rings. The third-order valence-corrected chi connectivity index (χ3v) is 5.55. The van der Waals surface area contributed by atoms with Crippen molar-refractivity contribution < 1.29 is 18.7 Å². The van der Waals surface area contributed by atoms with E-state index in [0.29, 0.717) is 45.2 Å². The summed E-state index contributed by atoms with van der Waals surface area (Å²) < 4.78 is 17.5. The number of benzene rings is 3. The van der Waals surface area contributed by atoms with Crippen LogP contribution in [0.25, 0.3) is 33.5 Å². The quantitative estimate of drug-likeness (QED) is 0.222. The normalized spacial score (nSPS) is 11.4. The summed E-state index contributed by atoms with van der Waals surface area (Å²) in [6.45, 7) is 1.85. The maximum absolute atomic E-state index is 13.4. The molecule has 0 fully saturated rings. The van der Waals surface area contributed by atoms with Crippen molar-refractivity contribution in [1.82, 2.24) is 9.66 Å². The molecule has 3 aromatic carbocycles. The molecule has 9 heteroatoms. The number of fused-ring (bicyclic) bond motifs is 2. The Morgan fingerprint density at radius 2 is 1.92 bits per heavy atom. The molecule has 0 aliphatic carbocycles. The summed E-state index contributed by atoms with van der Waals surface area (Å²) in [5, 5.41) is 6.23. The Balaban J connectivity index is 1.50. The van der Waals surface area contributed by atoms with Crippen LogP contribution in [0, 0.1) is 0 Å². The molecule has 0 amide bonds. The van der Waals surface area contributed by atoms with Crippen LogP contribution in [0.3, 0.4) is 0 Å². The van der Waals surface area contributed by atoms with Crippen LogP contribution >= 0.6 is 11.6 Å². The molecular formula is C27H20ClN3O5. The second kappa shape index (κ2) is 10.1. The van der Waals surface area contributed by atoms with Gasteiger partial charge in [0.1, 0.15) is 11.3 Å². The largest absolute Gasteiger partial charge is 0.482 e. The number of nitrogens with zero attached hydrogens (tertiary/aromatic N) is 3. The van der Waals surface area contributed by atoms with Crippen molar-refractivity contribution >= 4 is 45.7 Å². The van der Waals surface area contributed by atoms with Crippen LogP contribution < -0.4 is 10.3 Å². The number of ether oxygens (including phenoxy) is 2. The predicted octanol–water partition coefficient (Wildman–Crippen LogP) is 5.29. The van der Waals surface area contributed by atoms with E-state index >= 15 is 0 Å². The third kappa shape index (κ3) is 4.85. The summed E-state index contributed by atoms with van der Waals surface area (Å²) in [6, 6.07) is 21.0. The van der Waals surface area contributed by atoms with Crippen LogP contribution in [0.2, 0.25) is 5.02 Å². The van der Waals surface area contributed by atoms with Gasteiger partial charge in [0.15, 0.2) is 12.4 Å². The van der Waals surface area contributed by atoms with Gasteiger partial charge in [0, 0.05) is 10.4 Å². The lowest BCUT2D eigenvalue weighted by Gasteiger charge is -2.07. The molecule has 2 aromatic heterocycles. The monoisotopic (exact) mass is 501 g/mol. The average molecular weight is 502 g/mol. The minimum Gasteiger partial charge on any atom is -0.482 e. The molecule has 0 N–H and O–H groups in total. The Morgan fingerprint density at radius 1 is 1.11 bits per heavy atom. The first-order valence-corrected chi connectivity index (χ1v) is 11.5. The number of rotatable bonds is 7. The first kappa shape index (κ1) is 23.3. The van der Waals surface area contributed by atoms with Crippen molar-refractivity contribution in [2.75, 3.05) is 13.2 Å². The van der Waals surface area contributed by atoms with Crippen LogP contribution in [-0.2, 0) is 9.53 Å². The molecule has 180 valence electrons. The second-order valence-corrected chi connectivity index (χ2v) is 8.21. The van der Waals surface area contributed by atoms with E-state index in [1.54, 1.807) is 73.7 Å². The van der Waals surface area contributed by atoms with Crippen molar-refractivity contribution in [1.29, 1.82) is 0 Å². The van der Waals surface area contributed by atoms with Crippen LogP contribution in [-0.4, -0.2) is 35.1 Å². The van der Waals surface area contributed by atoms with Crippen LogP contribution in [0.5, 0.6) is 5.75 Å². The van der Waals surface area contributed by atoms with E-state index in [1.165, 1.54) is 10.9 Å². The van der Waals surface area contributed by atoms with Crippen LogP contribution in [0.4, 0.5) is 0 Å². The van der Waals surface area contributed by atoms with Gasteiger partial charge in [-0.1, -0.05) is 23.7 Å². The molecule has 8 nitrogen and oxygen atoms in total. The van der Waals surface area contributed by atoms with E-state index in [1.807, 2.05) is 6.07 Å². The first-order valence-electron chi connectivity index (χ1n) is 11.2. The van der Waals surface area contributed by atoms with Gasteiger partial charge in [-0.25, -0.2) is 9.78 Å². The molecule has 0 spiro atoms. The van der Waals surface area contributed by atoms with Gasteiger partial charge in [0.2, 0.25) is 5.82 Å². The van der Waals surface area contributed by atoms with E-state index in [2.05, 4.69) is 10.1 Å². The lowest BCUT2D eigenvalue weighted by atomic mass is 10.2. The fourth-order valence-electron chi connectivity index (χ4n) is 3.63. The zero-order chi connectivity index (χ0) is 25.1. The van der Waals surface area contributed by atoms with Gasteiger partial charge in [0.05, 0.1) is 23.7 Å². The van der Waals surface area contributed by atoms with Crippen molar-refractivity contribution in [3.8, 4) is 17.3 Å². The number of hydrogen-bond donors (Lipinski definition) is 0. The molecule has 0 aliphatic heterocycles. The highest BCUT2D eigenvalue weighted by atomic mass is 35.5. The molecule has 0 unspecified atom stereocenters. The molecule has 2 heterocycles. The maximum atomic E-state index is 13.4. The Hall–Kier alpha value is -4.43. The number of esters is 1. The van der Waals surface area contributed by atoms with Gasteiger partial charge in [0.25, 0.3) is 5.56 Å². The standard InChI is InChI=1S/C27H20ClN3O5/c1-2-34-25(32)16-35-20-10-7-17(8-11-20)15-29-31-26(30-22-6-4-3-5-21(22)27(31)33)24-14-18-13-19(28)9-12-23(18)36-24/h3-15H,2,16H2,1H3. The molecule has 0 bridgehead atoms. The summed E-state index contributed by atoms with van der Waals surface area (Å²) in [5.74, 6) is 0.713. The second-order valence-electron chi connectivity index (χ2n) is 7.77. The highest BCUT2D eigenvalue weighted by molar-refractivity contribution is 6.31. The van der Waals surface area contributed by atoms with Crippen molar-refractivity contribution in [3.05, 3.63) is 93.7 Å². The molecule has 0 saturated heterocycles. The molecule has 36 heavy (non-hydrogen) atoms. The number of furan rings is 1. The van der Waals surface area contributed by atoms with Gasteiger partial charge in [-0.05, 0) is 73.2 Å². The number of halogens is 1. The molecule has 0 radical (unpaired) electrons. The molecule has 5 aromatic rings. The van der Waals surface area contributed by atoms with Crippen LogP contribution in [0.1, 0.15) is 12.5 Å². The average Bonchev–Trinajstić information content (AvgIpc) is 3.31. The summed E-state index contributed by atoms with van der Waals surface area (Å²) in [4.78, 5) is 29.5. The minimum absolute atomic E-state index is 0.175. The smallest absolute Gasteiger partial charge is 0.344 e. The summed E-state index contributed by atoms with van der Waals surface area (Å²) in [7, 11) is 0. The van der Waals surface area contributed by atoms with E-state index in [0.717, 1.165) is 5.39 Å². The fraction of sp³-hybridized carbons (Fsp3) is 0.111. The Kier molecular flexibility index (Phi) is 6.51. The maximum Gasteiger partial charge on any atom is 0.344 e. The van der Waals surface area contributed by atoms with Crippen molar-refractivity contribution in [3.63, 3.8) is 0 Å². The SMILES string of the molecule is CCOC(=O)COc1ccc(C=Nn2c(-c3cc4cc(Cl)ccc4o3)nc3ccccc3c2=O)cc1. The Bertz CT molecular complexity index is 1650. The van der Waals surface area contributed by atoms with E-state index < -0.39 is 5.97 Å². The molecule has 5 rings (SSSR count). The Labute approximate surface area is 210 Å². The topological polar surface area (TPSA) is 95.9 Å². The lowest BCUT2D eigenvalue weighted by molar-refractivity contribution is -0.145. The zero-order valence-corrected chi connectivity index (χ0v) is 19.9. The van der Waals surface area contributed by atoms with Crippen molar-refractivity contribution in [2.24, 2.45) is 5.10 Å². The number of hydrogen-bond acceptors (Lipinski definition) is 7. The summed E-state index contributed by atoms with van der Waals surface area (Å²) in [6.07, 6.45) is 1.54. The van der Waals surface area contributed by atoms with Gasteiger partial charge in [-0.2, -0.15) is 9.78 Å². The van der Waals surface area contributed by atoms with Gasteiger partial charge in [-0.3, -0.25) is 4.79 Å².